The molecule has 0 unspecified atom stereocenters. The van der Waals surface area contributed by atoms with Crippen molar-refractivity contribution in [3.05, 3.63) is 151 Å². The maximum atomic E-state index is 4.50. The lowest BCUT2D eigenvalue weighted by atomic mass is 9.98. The third-order valence-corrected chi connectivity index (χ3v) is 7.52. The van der Waals surface area contributed by atoms with Gasteiger partial charge in [-0.25, -0.2) is 0 Å². The van der Waals surface area contributed by atoms with E-state index < -0.39 is 0 Å². The topological polar surface area (TPSA) is 38.7 Å². The molecule has 0 bridgehead atoms. The highest BCUT2D eigenvalue weighted by atomic mass is 14.8. The fourth-order valence-corrected chi connectivity index (χ4v) is 5.22. The van der Waals surface area contributed by atoms with Crippen molar-refractivity contribution >= 4 is 0 Å². The van der Waals surface area contributed by atoms with Crippen LogP contribution in [-0.4, -0.2) is 15.0 Å². The monoisotopic (exact) mass is 531 g/mol. The molecule has 200 valence electrons. The first-order valence-electron chi connectivity index (χ1n) is 14.4. The summed E-state index contributed by atoms with van der Waals surface area (Å²) in [6.07, 6.45) is 11.4. The third-order valence-electron chi connectivity index (χ3n) is 7.52. The molecule has 6 rings (SSSR count). The maximum absolute atomic E-state index is 4.50. The zero-order valence-corrected chi connectivity index (χ0v) is 23.2. The normalized spacial score (nSPS) is 10.9. The summed E-state index contributed by atoms with van der Waals surface area (Å²) in [5.41, 5.74) is 11.6. The molecule has 0 amide bonds. The molecule has 3 aromatic carbocycles. The molecular formula is C38H33N3. The molecule has 0 radical (unpaired) electrons. The van der Waals surface area contributed by atoms with Gasteiger partial charge >= 0.3 is 0 Å². The minimum absolute atomic E-state index is 0.897. The molecule has 0 fully saturated rings. The summed E-state index contributed by atoms with van der Waals surface area (Å²) in [5, 5.41) is 0. The number of aryl methyl sites for hydroxylation is 2. The van der Waals surface area contributed by atoms with Crippen LogP contribution in [0.4, 0.5) is 0 Å². The van der Waals surface area contributed by atoms with E-state index >= 15 is 0 Å². The van der Waals surface area contributed by atoms with Crippen LogP contribution in [0.3, 0.4) is 0 Å². The van der Waals surface area contributed by atoms with Crippen LogP contribution in [0.2, 0.25) is 0 Å². The van der Waals surface area contributed by atoms with Gasteiger partial charge in [0.15, 0.2) is 0 Å². The summed E-state index contributed by atoms with van der Waals surface area (Å²) in [7, 11) is 0. The van der Waals surface area contributed by atoms with Crippen LogP contribution >= 0.6 is 0 Å². The Balaban J connectivity index is 0.976. The zero-order chi connectivity index (χ0) is 27.7. The van der Waals surface area contributed by atoms with Crippen LogP contribution in [0.15, 0.2) is 140 Å². The summed E-state index contributed by atoms with van der Waals surface area (Å²) in [6, 6.07) is 42.8. The van der Waals surface area contributed by atoms with Crippen LogP contribution in [0, 0.1) is 0 Å². The van der Waals surface area contributed by atoms with Crippen molar-refractivity contribution in [1.82, 2.24) is 15.0 Å². The number of pyridine rings is 3. The second kappa shape index (κ2) is 13.0. The fraction of sp³-hybridized carbons (Fsp3) is 0.132. The predicted octanol–water partition coefficient (Wildman–Crippen LogP) is 9.50. The first-order chi connectivity index (χ1) is 20.3. The quantitative estimate of drug-likeness (QED) is 0.165. The van der Waals surface area contributed by atoms with Crippen molar-refractivity contribution in [3.63, 3.8) is 0 Å². The van der Waals surface area contributed by atoms with Crippen molar-refractivity contribution in [2.45, 2.75) is 32.1 Å². The Morgan fingerprint density at radius 3 is 1.51 bits per heavy atom. The van der Waals surface area contributed by atoms with E-state index in [2.05, 4.69) is 106 Å². The van der Waals surface area contributed by atoms with Crippen molar-refractivity contribution in [2.24, 2.45) is 0 Å². The number of benzene rings is 3. The number of hydrogen-bond donors (Lipinski definition) is 0. The van der Waals surface area contributed by atoms with Gasteiger partial charge in [0.2, 0.25) is 0 Å². The Hall–Kier alpha value is -4.89. The molecule has 0 aliphatic heterocycles. The van der Waals surface area contributed by atoms with Crippen LogP contribution in [0.5, 0.6) is 0 Å². The summed E-state index contributed by atoms with van der Waals surface area (Å²) in [5.74, 6) is 0. The Kier molecular flexibility index (Phi) is 8.34. The van der Waals surface area contributed by atoms with E-state index in [9.17, 15) is 0 Å². The molecule has 3 aromatic heterocycles. The molecule has 0 N–H and O–H groups in total. The SMILES string of the molecule is c1ccc(-c2cccc(-c3ccc(CCCCCc4ccc(-c5ccnc(-c6ccccn6)c5)cc4)cc3)c2)nc1. The molecule has 0 saturated carbocycles. The highest BCUT2D eigenvalue weighted by Crippen LogP contribution is 2.27. The fourth-order valence-electron chi connectivity index (χ4n) is 5.22. The third kappa shape index (κ3) is 6.82. The van der Waals surface area contributed by atoms with Crippen LogP contribution in [0.25, 0.3) is 44.9 Å². The molecule has 0 spiro atoms. The molecule has 3 heteroatoms. The van der Waals surface area contributed by atoms with Gasteiger partial charge < -0.3 is 0 Å². The number of nitrogens with zero attached hydrogens (tertiary/aromatic N) is 3. The van der Waals surface area contributed by atoms with Crippen LogP contribution in [0.1, 0.15) is 30.4 Å². The van der Waals surface area contributed by atoms with Gasteiger partial charge in [0.1, 0.15) is 0 Å². The molecule has 0 aliphatic rings. The average Bonchev–Trinajstić information content (AvgIpc) is 3.06. The number of hydrogen-bond acceptors (Lipinski definition) is 3. The van der Waals surface area contributed by atoms with Gasteiger partial charge in [-0.15, -0.1) is 0 Å². The van der Waals surface area contributed by atoms with E-state index in [1.54, 1.807) is 6.20 Å². The summed E-state index contributed by atoms with van der Waals surface area (Å²) in [4.78, 5) is 13.4. The summed E-state index contributed by atoms with van der Waals surface area (Å²) < 4.78 is 0. The molecule has 0 aliphatic carbocycles. The van der Waals surface area contributed by atoms with E-state index in [1.165, 1.54) is 52.6 Å². The molecular weight excluding hydrogens is 498 g/mol. The van der Waals surface area contributed by atoms with Crippen molar-refractivity contribution in [1.29, 1.82) is 0 Å². The van der Waals surface area contributed by atoms with Gasteiger partial charge in [0, 0.05) is 24.2 Å². The lowest BCUT2D eigenvalue weighted by Crippen LogP contribution is -1.90. The van der Waals surface area contributed by atoms with E-state index in [0.29, 0.717) is 0 Å². The van der Waals surface area contributed by atoms with Gasteiger partial charge in [-0.1, -0.05) is 85.3 Å². The lowest BCUT2D eigenvalue weighted by molar-refractivity contribution is 0.678. The van der Waals surface area contributed by atoms with E-state index in [1.807, 2.05) is 42.7 Å². The standard InChI is InChI=1S/C38H33N3/c1(2-9-29-15-19-31(20-16-29)33-11-8-12-35(27-33)36-13-4-6-24-39-36)3-10-30-17-21-32(22-18-30)34-23-26-41-38(28-34)37-14-5-7-25-40-37/h4-8,11-28H,1-3,9-10H2. The largest absolute Gasteiger partial charge is 0.256 e. The van der Waals surface area contributed by atoms with Crippen molar-refractivity contribution < 1.29 is 0 Å². The smallest absolute Gasteiger partial charge is 0.0892 e. The van der Waals surface area contributed by atoms with E-state index in [4.69, 9.17) is 0 Å². The average molecular weight is 532 g/mol. The first kappa shape index (κ1) is 26.3. The maximum Gasteiger partial charge on any atom is 0.0892 e. The molecule has 3 heterocycles. The Labute approximate surface area is 242 Å². The van der Waals surface area contributed by atoms with E-state index in [0.717, 1.165) is 35.5 Å². The van der Waals surface area contributed by atoms with Crippen LogP contribution in [-0.2, 0) is 12.8 Å². The Morgan fingerprint density at radius 1 is 0.341 bits per heavy atom. The lowest BCUT2D eigenvalue weighted by Gasteiger charge is -2.08. The van der Waals surface area contributed by atoms with Crippen LogP contribution < -0.4 is 0 Å². The van der Waals surface area contributed by atoms with Gasteiger partial charge in [0.25, 0.3) is 0 Å². The molecule has 0 atom stereocenters. The second-order valence-corrected chi connectivity index (χ2v) is 10.4. The highest BCUT2D eigenvalue weighted by Gasteiger charge is 2.05. The van der Waals surface area contributed by atoms with Crippen molar-refractivity contribution in [3.8, 4) is 44.9 Å². The molecule has 6 aromatic rings. The zero-order valence-electron chi connectivity index (χ0n) is 23.2. The molecule has 41 heavy (non-hydrogen) atoms. The first-order valence-corrected chi connectivity index (χ1v) is 14.4. The Bertz CT molecular complexity index is 1550. The highest BCUT2D eigenvalue weighted by molar-refractivity contribution is 5.71. The Morgan fingerprint density at radius 2 is 0.902 bits per heavy atom. The minimum atomic E-state index is 0.897. The van der Waals surface area contributed by atoms with Gasteiger partial charge in [-0.2, -0.15) is 0 Å². The predicted molar refractivity (Wildman–Crippen MR) is 169 cm³/mol. The second-order valence-electron chi connectivity index (χ2n) is 10.4. The number of aromatic nitrogens is 3. The molecule has 3 nitrogen and oxygen atoms in total. The molecule has 0 saturated heterocycles. The van der Waals surface area contributed by atoms with Gasteiger partial charge in [-0.3, -0.25) is 15.0 Å². The van der Waals surface area contributed by atoms with E-state index in [-0.39, 0.29) is 0 Å². The summed E-state index contributed by atoms with van der Waals surface area (Å²) >= 11 is 0. The number of rotatable bonds is 10. The van der Waals surface area contributed by atoms with Gasteiger partial charge in [0.05, 0.1) is 17.1 Å². The number of unbranched alkanes of at least 4 members (excludes halogenated alkanes) is 2. The minimum Gasteiger partial charge on any atom is -0.256 e. The summed E-state index contributed by atoms with van der Waals surface area (Å²) in [6.45, 7) is 0. The van der Waals surface area contributed by atoms with Crippen molar-refractivity contribution in [2.75, 3.05) is 0 Å². The van der Waals surface area contributed by atoms with Gasteiger partial charge in [-0.05, 0) is 102 Å².